The van der Waals surface area contributed by atoms with Crippen LogP contribution in [0.25, 0.3) is 0 Å². The van der Waals surface area contributed by atoms with E-state index in [1.807, 2.05) is 42.1 Å². The Balaban J connectivity index is 1.88. The van der Waals surface area contributed by atoms with Crippen molar-refractivity contribution in [1.82, 2.24) is 9.55 Å². The minimum absolute atomic E-state index is 0.766. The van der Waals surface area contributed by atoms with Crippen LogP contribution >= 0.6 is 0 Å². The Morgan fingerprint density at radius 1 is 1.28 bits per heavy atom. The Morgan fingerprint density at radius 2 is 2.06 bits per heavy atom. The summed E-state index contributed by atoms with van der Waals surface area (Å²) in [5.74, 6) is 0.919. The molecule has 0 unspecified atom stereocenters. The van der Waals surface area contributed by atoms with Crippen LogP contribution in [0.2, 0.25) is 0 Å². The van der Waals surface area contributed by atoms with Gasteiger partial charge in [-0.3, -0.25) is 0 Å². The average molecular weight is 245 g/mol. The molecule has 2 aromatic rings. The van der Waals surface area contributed by atoms with Gasteiger partial charge in [-0.15, -0.1) is 0 Å². The van der Waals surface area contributed by atoms with Gasteiger partial charge in [0.15, 0.2) is 0 Å². The SMILES string of the molecule is CCCOc1ccc(NCc2cncn2C)cc1. The number of nitrogens with one attached hydrogen (secondary N) is 1. The van der Waals surface area contributed by atoms with Crippen LogP contribution in [0, 0.1) is 0 Å². The van der Waals surface area contributed by atoms with E-state index in [0.29, 0.717) is 0 Å². The van der Waals surface area contributed by atoms with Crippen LogP contribution in [0.1, 0.15) is 19.0 Å². The van der Waals surface area contributed by atoms with E-state index < -0.39 is 0 Å². The van der Waals surface area contributed by atoms with Crippen molar-refractivity contribution in [2.45, 2.75) is 19.9 Å². The van der Waals surface area contributed by atoms with Gasteiger partial charge in [0.1, 0.15) is 5.75 Å². The summed E-state index contributed by atoms with van der Waals surface area (Å²) in [7, 11) is 1.99. The molecule has 0 saturated carbocycles. The molecular formula is C14H19N3O. The largest absolute Gasteiger partial charge is 0.494 e. The third-order valence-electron chi connectivity index (χ3n) is 2.72. The molecule has 0 bridgehead atoms. The minimum atomic E-state index is 0.766. The molecule has 0 aliphatic heterocycles. The number of aromatic nitrogens is 2. The highest BCUT2D eigenvalue weighted by atomic mass is 16.5. The van der Waals surface area contributed by atoms with E-state index in [-0.39, 0.29) is 0 Å². The van der Waals surface area contributed by atoms with E-state index in [1.54, 1.807) is 6.33 Å². The van der Waals surface area contributed by atoms with Crippen molar-refractivity contribution >= 4 is 5.69 Å². The van der Waals surface area contributed by atoms with Crippen LogP contribution in [0.4, 0.5) is 5.69 Å². The molecule has 0 aliphatic carbocycles. The maximum absolute atomic E-state index is 5.54. The molecule has 4 heteroatoms. The zero-order valence-corrected chi connectivity index (χ0v) is 10.9. The molecule has 96 valence electrons. The third-order valence-corrected chi connectivity index (χ3v) is 2.72. The zero-order valence-electron chi connectivity index (χ0n) is 10.9. The number of ether oxygens (including phenoxy) is 1. The van der Waals surface area contributed by atoms with Crippen molar-refractivity contribution in [3.05, 3.63) is 42.5 Å². The molecule has 18 heavy (non-hydrogen) atoms. The topological polar surface area (TPSA) is 39.1 Å². The van der Waals surface area contributed by atoms with Gasteiger partial charge < -0.3 is 14.6 Å². The first-order valence-electron chi connectivity index (χ1n) is 6.21. The van der Waals surface area contributed by atoms with Gasteiger partial charge in [-0.2, -0.15) is 0 Å². The highest BCUT2D eigenvalue weighted by Gasteiger charge is 1.99. The van der Waals surface area contributed by atoms with Crippen LogP contribution < -0.4 is 10.1 Å². The highest BCUT2D eigenvalue weighted by Crippen LogP contribution is 2.16. The number of anilines is 1. The van der Waals surface area contributed by atoms with Gasteiger partial charge in [0.05, 0.1) is 25.2 Å². The van der Waals surface area contributed by atoms with Crippen molar-refractivity contribution < 1.29 is 4.74 Å². The summed E-state index contributed by atoms with van der Waals surface area (Å²) >= 11 is 0. The van der Waals surface area contributed by atoms with Crippen molar-refractivity contribution in [3.8, 4) is 5.75 Å². The predicted octanol–water partition coefficient (Wildman–Crippen LogP) is 2.82. The summed E-state index contributed by atoms with van der Waals surface area (Å²) in [5, 5.41) is 3.35. The lowest BCUT2D eigenvalue weighted by molar-refractivity contribution is 0.317. The molecule has 1 heterocycles. The number of imidazole rings is 1. The Morgan fingerprint density at radius 3 is 2.67 bits per heavy atom. The Bertz CT molecular complexity index is 476. The summed E-state index contributed by atoms with van der Waals surface area (Å²) in [4.78, 5) is 4.08. The highest BCUT2D eigenvalue weighted by molar-refractivity contribution is 5.46. The van der Waals surface area contributed by atoms with E-state index in [1.165, 1.54) is 0 Å². The van der Waals surface area contributed by atoms with Gasteiger partial charge in [-0.05, 0) is 30.7 Å². The molecule has 0 spiro atoms. The summed E-state index contributed by atoms with van der Waals surface area (Å²) in [6, 6.07) is 8.03. The molecule has 0 saturated heterocycles. The molecule has 0 amide bonds. The molecule has 2 rings (SSSR count). The van der Waals surface area contributed by atoms with E-state index in [2.05, 4.69) is 17.2 Å². The van der Waals surface area contributed by atoms with E-state index in [4.69, 9.17) is 4.74 Å². The fraction of sp³-hybridized carbons (Fsp3) is 0.357. The lowest BCUT2D eigenvalue weighted by Gasteiger charge is -2.08. The van der Waals surface area contributed by atoms with Crippen molar-refractivity contribution in [2.75, 3.05) is 11.9 Å². The minimum Gasteiger partial charge on any atom is -0.494 e. The number of hydrogen-bond acceptors (Lipinski definition) is 3. The molecule has 1 N–H and O–H groups in total. The second-order valence-corrected chi connectivity index (χ2v) is 4.22. The maximum atomic E-state index is 5.54. The van der Waals surface area contributed by atoms with Crippen molar-refractivity contribution in [1.29, 1.82) is 0 Å². The van der Waals surface area contributed by atoms with Gasteiger partial charge in [0, 0.05) is 18.9 Å². The summed E-state index contributed by atoms with van der Waals surface area (Å²) in [6.07, 6.45) is 4.70. The number of nitrogens with zero attached hydrogens (tertiary/aromatic N) is 2. The third kappa shape index (κ3) is 3.26. The first-order chi connectivity index (χ1) is 8.79. The molecule has 4 nitrogen and oxygen atoms in total. The number of rotatable bonds is 6. The summed E-state index contributed by atoms with van der Waals surface area (Å²) < 4.78 is 7.54. The van der Waals surface area contributed by atoms with Gasteiger partial charge in [0.25, 0.3) is 0 Å². The number of hydrogen-bond donors (Lipinski definition) is 1. The number of aryl methyl sites for hydroxylation is 1. The Hall–Kier alpha value is -1.97. The quantitative estimate of drug-likeness (QED) is 0.850. The van der Waals surface area contributed by atoms with Crippen LogP contribution in [0.3, 0.4) is 0 Å². The molecule has 0 aliphatic rings. The Kier molecular flexibility index (Phi) is 4.23. The van der Waals surface area contributed by atoms with Crippen molar-refractivity contribution in [2.24, 2.45) is 7.05 Å². The average Bonchev–Trinajstić information content (AvgIpc) is 2.81. The van der Waals surface area contributed by atoms with Gasteiger partial charge >= 0.3 is 0 Å². The monoisotopic (exact) mass is 245 g/mol. The van der Waals surface area contributed by atoms with E-state index >= 15 is 0 Å². The fourth-order valence-electron chi connectivity index (χ4n) is 1.64. The van der Waals surface area contributed by atoms with E-state index in [0.717, 1.165) is 36.7 Å². The zero-order chi connectivity index (χ0) is 12.8. The first kappa shape index (κ1) is 12.5. The lowest BCUT2D eigenvalue weighted by atomic mass is 10.3. The standard InChI is InChI=1S/C14H19N3O/c1-3-8-18-14-6-4-12(5-7-14)16-10-13-9-15-11-17(13)2/h4-7,9,11,16H,3,8,10H2,1-2H3. The normalized spacial score (nSPS) is 10.3. The lowest BCUT2D eigenvalue weighted by Crippen LogP contribution is -2.03. The molecular weight excluding hydrogens is 226 g/mol. The van der Waals surface area contributed by atoms with Crippen LogP contribution in [0.15, 0.2) is 36.8 Å². The van der Waals surface area contributed by atoms with Crippen LogP contribution in [-0.2, 0) is 13.6 Å². The molecule has 1 aromatic carbocycles. The summed E-state index contributed by atoms with van der Waals surface area (Å²) in [5.41, 5.74) is 2.24. The molecule has 0 fully saturated rings. The smallest absolute Gasteiger partial charge is 0.119 e. The van der Waals surface area contributed by atoms with Gasteiger partial charge in [0.2, 0.25) is 0 Å². The van der Waals surface area contributed by atoms with E-state index in [9.17, 15) is 0 Å². The molecule has 0 atom stereocenters. The first-order valence-corrected chi connectivity index (χ1v) is 6.21. The van der Waals surface area contributed by atoms with Gasteiger partial charge in [-0.25, -0.2) is 4.98 Å². The molecule has 0 radical (unpaired) electrons. The van der Waals surface area contributed by atoms with Crippen LogP contribution in [0.5, 0.6) is 5.75 Å². The summed E-state index contributed by atoms with van der Waals surface area (Å²) in [6.45, 7) is 3.64. The fourth-order valence-corrected chi connectivity index (χ4v) is 1.64. The maximum Gasteiger partial charge on any atom is 0.119 e. The Labute approximate surface area is 108 Å². The molecule has 1 aromatic heterocycles. The van der Waals surface area contributed by atoms with Crippen LogP contribution in [-0.4, -0.2) is 16.2 Å². The second-order valence-electron chi connectivity index (χ2n) is 4.22. The second kappa shape index (κ2) is 6.10. The number of benzene rings is 1. The van der Waals surface area contributed by atoms with Gasteiger partial charge in [-0.1, -0.05) is 6.92 Å². The predicted molar refractivity (Wildman–Crippen MR) is 72.8 cm³/mol. The van der Waals surface area contributed by atoms with Crippen molar-refractivity contribution in [3.63, 3.8) is 0 Å².